The molecule has 1 aromatic rings. The van der Waals surface area contributed by atoms with Gasteiger partial charge in [0.25, 0.3) is 0 Å². The summed E-state index contributed by atoms with van der Waals surface area (Å²) in [5.74, 6) is 0.646. The molecule has 0 amide bonds. The third-order valence-corrected chi connectivity index (χ3v) is 3.89. The van der Waals surface area contributed by atoms with Crippen LogP contribution in [-0.4, -0.2) is 17.1 Å². The molecular formula is C12H16N2O. The lowest BCUT2D eigenvalue weighted by Crippen LogP contribution is -2.50. The SMILES string of the molecule is O=c1ccc(C2CC3(CCCN3)C2)c[nH]1. The molecule has 1 saturated carbocycles. The molecular weight excluding hydrogens is 188 g/mol. The van der Waals surface area contributed by atoms with Gasteiger partial charge in [0.2, 0.25) is 5.56 Å². The minimum absolute atomic E-state index is 0.00761. The molecule has 1 aliphatic heterocycles. The molecule has 0 atom stereocenters. The minimum Gasteiger partial charge on any atom is -0.329 e. The molecule has 1 aromatic heterocycles. The summed E-state index contributed by atoms with van der Waals surface area (Å²) in [6.07, 6.45) is 6.98. The van der Waals surface area contributed by atoms with Crippen LogP contribution in [0, 0.1) is 0 Å². The van der Waals surface area contributed by atoms with E-state index < -0.39 is 0 Å². The fourth-order valence-electron chi connectivity index (χ4n) is 3.01. The zero-order valence-electron chi connectivity index (χ0n) is 8.75. The molecule has 3 rings (SSSR count). The van der Waals surface area contributed by atoms with Crippen molar-refractivity contribution in [2.24, 2.45) is 0 Å². The van der Waals surface area contributed by atoms with E-state index in [1.165, 1.54) is 37.8 Å². The molecule has 0 radical (unpaired) electrons. The number of pyridine rings is 1. The number of rotatable bonds is 1. The van der Waals surface area contributed by atoms with Crippen molar-refractivity contribution in [1.29, 1.82) is 0 Å². The highest BCUT2D eigenvalue weighted by Gasteiger charge is 2.45. The summed E-state index contributed by atoms with van der Waals surface area (Å²) in [7, 11) is 0. The first kappa shape index (κ1) is 9.16. The normalized spacial score (nSPS) is 34.3. The smallest absolute Gasteiger partial charge is 0.247 e. The third kappa shape index (κ3) is 1.51. The van der Waals surface area contributed by atoms with Crippen LogP contribution in [0.5, 0.6) is 0 Å². The van der Waals surface area contributed by atoms with Crippen LogP contribution in [0.4, 0.5) is 0 Å². The van der Waals surface area contributed by atoms with Crippen LogP contribution in [0.25, 0.3) is 0 Å². The number of nitrogens with one attached hydrogen (secondary N) is 2. The first-order valence-electron chi connectivity index (χ1n) is 5.71. The van der Waals surface area contributed by atoms with Gasteiger partial charge in [-0.2, -0.15) is 0 Å². The Hall–Kier alpha value is -1.09. The number of hydrogen-bond donors (Lipinski definition) is 2. The largest absolute Gasteiger partial charge is 0.329 e. The van der Waals surface area contributed by atoms with Gasteiger partial charge < -0.3 is 10.3 Å². The van der Waals surface area contributed by atoms with Gasteiger partial charge >= 0.3 is 0 Å². The average molecular weight is 204 g/mol. The molecule has 2 aliphatic rings. The van der Waals surface area contributed by atoms with Crippen molar-refractivity contribution >= 4 is 0 Å². The minimum atomic E-state index is -0.00761. The van der Waals surface area contributed by atoms with Crippen molar-refractivity contribution in [3.63, 3.8) is 0 Å². The predicted molar refractivity (Wildman–Crippen MR) is 59.0 cm³/mol. The summed E-state index contributed by atoms with van der Waals surface area (Å²) in [5.41, 5.74) is 1.72. The van der Waals surface area contributed by atoms with E-state index in [0.717, 1.165) is 0 Å². The first-order chi connectivity index (χ1) is 7.27. The number of aromatic amines is 1. The van der Waals surface area contributed by atoms with Gasteiger partial charge in [0.15, 0.2) is 0 Å². The number of H-pyrrole nitrogens is 1. The van der Waals surface area contributed by atoms with E-state index in [2.05, 4.69) is 10.3 Å². The Morgan fingerprint density at radius 2 is 2.20 bits per heavy atom. The summed E-state index contributed by atoms with van der Waals surface area (Å²) in [6.45, 7) is 1.18. The van der Waals surface area contributed by atoms with Crippen molar-refractivity contribution < 1.29 is 0 Å². The highest BCUT2D eigenvalue weighted by Crippen LogP contribution is 2.48. The molecule has 0 aromatic carbocycles. The van der Waals surface area contributed by atoms with E-state index in [4.69, 9.17) is 0 Å². The van der Waals surface area contributed by atoms with Crippen molar-refractivity contribution in [3.05, 3.63) is 34.2 Å². The number of aromatic nitrogens is 1. The first-order valence-corrected chi connectivity index (χ1v) is 5.71. The second-order valence-electron chi connectivity index (χ2n) is 4.90. The molecule has 0 unspecified atom stereocenters. The van der Waals surface area contributed by atoms with Crippen LogP contribution in [-0.2, 0) is 0 Å². The van der Waals surface area contributed by atoms with Crippen molar-refractivity contribution in [2.45, 2.75) is 37.1 Å². The molecule has 80 valence electrons. The molecule has 3 heteroatoms. The molecule has 2 fully saturated rings. The highest BCUT2D eigenvalue weighted by molar-refractivity contribution is 5.23. The van der Waals surface area contributed by atoms with E-state index in [1.807, 2.05) is 12.3 Å². The maximum Gasteiger partial charge on any atom is 0.247 e. The van der Waals surface area contributed by atoms with Gasteiger partial charge in [-0.05, 0) is 43.7 Å². The summed E-state index contributed by atoms with van der Waals surface area (Å²) in [4.78, 5) is 13.7. The zero-order chi connectivity index (χ0) is 10.3. The third-order valence-electron chi connectivity index (χ3n) is 3.89. The zero-order valence-corrected chi connectivity index (χ0v) is 8.75. The highest BCUT2D eigenvalue weighted by atomic mass is 16.1. The van der Waals surface area contributed by atoms with Crippen molar-refractivity contribution in [2.75, 3.05) is 6.54 Å². The van der Waals surface area contributed by atoms with Gasteiger partial charge in [-0.25, -0.2) is 0 Å². The van der Waals surface area contributed by atoms with Crippen LogP contribution in [0.3, 0.4) is 0 Å². The van der Waals surface area contributed by atoms with E-state index in [-0.39, 0.29) is 5.56 Å². The van der Waals surface area contributed by atoms with E-state index in [1.54, 1.807) is 6.07 Å². The van der Waals surface area contributed by atoms with E-state index in [9.17, 15) is 4.79 Å². The van der Waals surface area contributed by atoms with Crippen LogP contribution in [0.2, 0.25) is 0 Å². The van der Waals surface area contributed by atoms with Gasteiger partial charge in [0.05, 0.1) is 0 Å². The van der Waals surface area contributed by atoms with E-state index in [0.29, 0.717) is 11.5 Å². The quantitative estimate of drug-likeness (QED) is 0.725. The molecule has 15 heavy (non-hydrogen) atoms. The predicted octanol–water partition coefficient (Wildman–Crippen LogP) is 1.37. The molecule has 3 nitrogen and oxygen atoms in total. The average Bonchev–Trinajstić information content (AvgIpc) is 2.66. The Balaban J connectivity index is 1.72. The van der Waals surface area contributed by atoms with Crippen LogP contribution in [0.15, 0.2) is 23.1 Å². The summed E-state index contributed by atoms with van der Waals surface area (Å²) >= 11 is 0. The molecule has 1 aliphatic carbocycles. The lowest BCUT2D eigenvalue weighted by Gasteiger charge is -2.45. The number of hydrogen-bond acceptors (Lipinski definition) is 2. The van der Waals surface area contributed by atoms with Gasteiger partial charge in [0.1, 0.15) is 0 Å². The van der Waals surface area contributed by atoms with Crippen LogP contribution >= 0.6 is 0 Å². The second kappa shape index (κ2) is 3.20. The monoisotopic (exact) mass is 204 g/mol. The van der Waals surface area contributed by atoms with Crippen LogP contribution in [0.1, 0.15) is 37.2 Å². The Labute approximate surface area is 88.9 Å². The lowest BCUT2D eigenvalue weighted by atomic mass is 9.65. The molecule has 1 saturated heterocycles. The Bertz CT molecular complexity index is 389. The van der Waals surface area contributed by atoms with Crippen molar-refractivity contribution in [3.8, 4) is 0 Å². The Morgan fingerprint density at radius 1 is 1.33 bits per heavy atom. The molecule has 2 heterocycles. The molecule has 2 N–H and O–H groups in total. The van der Waals surface area contributed by atoms with Gasteiger partial charge in [-0.15, -0.1) is 0 Å². The summed E-state index contributed by atoms with van der Waals surface area (Å²) < 4.78 is 0. The Morgan fingerprint density at radius 3 is 2.80 bits per heavy atom. The topological polar surface area (TPSA) is 44.9 Å². The second-order valence-corrected chi connectivity index (χ2v) is 4.90. The Kier molecular flexibility index (Phi) is 1.96. The maximum atomic E-state index is 10.9. The standard InChI is InChI=1S/C12H16N2O/c15-11-3-2-9(8-13-11)10-6-12(7-10)4-1-5-14-12/h2-3,8,10,14H,1,4-7H2,(H,13,15). The van der Waals surface area contributed by atoms with Gasteiger partial charge in [-0.1, -0.05) is 6.07 Å². The lowest BCUT2D eigenvalue weighted by molar-refractivity contribution is 0.178. The fourth-order valence-corrected chi connectivity index (χ4v) is 3.01. The van der Waals surface area contributed by atoms with Gasteiger partial charge in [0, 0.05) is 17.8 Å². The molecule has 1 spiro atoms. The fraction of sp³-hybridized carbons (Fsp3) is 0.583. The van der Waals surface area contributed by atoms with Crippen molar-refractivity contribution in [1.82, 2.24) is 10.3 Å². The maximum absolute atomic E-state index is 10.9. The summed E-state index contributed by atoms with van der Waals surface area (Å²) in [5, 5.41) is 3.61. The van der Waals surface area contributed by atoms with Gasteiger partial charge in [-0.3, -0.25) is 4.79 Å². The van der Waals surface area contributed by atoms with Crippen LogP contribution < -0.4 is 10.9 Å². The molecule has 0 bridgehead atoms. The summed E-state index contributed by atoms with van der Waals surface area (Å²) in [6, 6.07) is 3.59. The van der Waals surface area contributed by atoms with E-state index >= 15 is 0 Å².